The Kier molecular flexibility index (Phi) is 34.1. The summed E-state index contributed by atoms with van der Waals surface area (Å²) in [5.74, 6) is -0.788. The van der Waals surface area contributed by atoms with E-state index in [4.69, 9.17) is 18.5 Å². The zero-order valence-electron chi connectivity index (χ0n) is 34.1. The van der Waals surface area contributed by atoms with Crippen LogP contribution >= 0.6 is 7.82 Å². The Bertz CT molecular complexity index is 850. The second kappa shape index (κ2) is 34.8. The summed E-state index contributed by atoms with van der Waals surface area (Å²) in [7, 11) is 1.49. The largest absolute Gasteiger partial charge is 0.472 e. The average molecular weight is 749 g/mol. The molecule has 0 saturated carbocycles. The van der Waals surface area contributed by atoms with Gasteiger partial charge in [0.15, 0.2) is 6.10 Å². The predicted molar refractivity (Wildman–Crippen MR) is 211 cm³/mol. The number of quaternary nitrogens is 1. The fourth-order valence-electron chi connectivity index (χ4n) is 6.01. The zero-order valence-corrected chi connectivity index (χ0v) is 35.0. The van der Waals surface area contributed by atoms with Gasteiger partial charge in [0, 0.05) is 12.8 Å². The van der Waals surface area contributed by atoms with Gasteiger partial charge in [0.25, 0.3) is 0 Å². The second-order valence-electron chi connectivity index (χ2n) is 15.7. The molecule has 0 bridgehead atoms. The van der Waals surface area contributed by atoms with Gasteiger partial charge in [-0.25, -0.2) is 4.57 Å². The van der Waals surface area contributed by atoms with Crippen molar-refractivity contribution in [3.8, 4) is 0 Å². The Hall–Kier alpha value is -0.990. The lowest BCUT2D eigenvalue weighted by Gasteiger charge is -2.24. The van der Waals surface area contributed by atoms with Crippen LogP contribution in [0.1, 0.15) is 200 Å². The Balaban J connectivity index is 4.27. The summed E-state index contributed by atoms with van der Waals surface area (Å²) in [6.07, 6.45) is 32.9. The molecule has 0 aromatic heterocycles. The van der Waals surface area contributed by atoms with E-state index in [0.717, 1.165) is 32.1 Å². The van der Waals surface area contributed by atoms with Gasteiger partial charge >= 0.3 is 19.8 Å². The monoisotopic (exact) mass is 749 g/mol. The molecule has 10 heteroatoms. The number of rotatable bonds is 39. The molecule has 0 aliphatic rings. The lowest BCUT2D eigenvalue weighted by molar-refractivity contribution is -0.870. The van der Waals surface area contributed by atoms with Crippen LogP contribution in [0.4, 0.5) is 0 Å². The summed E-state index contributed by atoms with van der Waals surface area (Å²) >= 11 is 0. The van der Waals surface area contributed by atoms with Crippen LogP contribution in [0.5, 0.6) is 0 Å². The number of carbonyl (C=O) groups is 2. The molecule has 1 N–H and O–H groups in total. The quantitative estimate of drug-likeness (QED) is 0.0286. The van der Waals surface area contributed by atoms with Crippen LogP contribution in [-0.2, 0) is 32.7 Å². The number of carbonyl (C=O) groups excluding carboxylic acids is 2. The van der Waals surface area contributed by atoms with Crippen LogP contribution < -0.4 is 0 Å². The average Bonchev–Trinajstić information content (AvgIpc) is 3.07. The predicted octanol–water partition coefficient (Wildman–Crippen LogP) is 11.6. The van der Waals surface area contributed by atoms with Crippen molar-refractivity contribution >= 4 is 19.8 Å². The molecule has 0 aromatic rings. The summed E-state index contributed by atoms with van der Waals surface area (Å²) in [4.78, 5) is 35.2. The standard InChI is InChI=1S/C41H82NO8P/c1-6-8-10-12-14-16-18-19-20-21-22-23-24-26-27-29-31-33-40(43)47-37-39(38-49-51(45,46)48-36-35-42(3,4)5)50-41(44)34-32-30-28-25-17-15-13-11-9-7-2/h39H,6-38H2,1-5H3/p+1/t39-/m0/s1. The highest BCUT2D eigenvalue weighted by atomic mass is 31.2. The van der Waals surface area contributed by atoms with Gasteiger partial charge in [0.2, 0.25) is 0 Å². The SMILES string of the molecule is CCCCCCCCCCCCCCCCCCCC(=O)OC[C@@H](COP(=O)(O)OCC[N+](C)(C)C)OC(=O)CCCCCCCCCCCC. The highest BCUT2D eigenvalue weighted by Crippen LogP contribution is 2.43. The van der Waals surface area contributed by atoms with Gasteiger partial charge in [-0.1, -0.05) is 174 Å². The second-order valence-corrected chi connectivity index (χ2v) is 17.2. The molecule has 304 valence electrons. The zero-order chi connectivity index (χ0) is 37.9. The highest BCUT2D eigenvalue weighted by molar-refractivity contribution is 7.47. The summed E-state index contributed by atoms with van der Waals surface area (Å²) in [6, 6.07) is 0. The van der Waals surface area contributed by atoms with E-state index in [9.17, 15) is 19.0 Å². The first-order chi connectivity index (χ1) is 24.5. The number of esters is 2. The third-order valence-corrected chi connectivity index (χ3v) is 10.4. The van der Waals surface area contributed by atoms with Crippen LogP contribution in [-0.4, -0.2) is 74.9 Å². The number of hydrogen-bond acceptors (Lipinski definition) is 7. The van der Waals surface area contributed by atoms with Gasteiger partial charge in [0.1, 0.15) is 19.8 Å². The number of likely N-dealkylation sites (N-methyl/N-ethyl adjacent to an activating group) is 1. The van der Waals surface area contributed by atoms with Crippen molar-refractivity contribution in [3.05, 3.63) is 0 Å². The maximum absolute atomic E-state index is 12.6. The molecule has 0 aliphatic heterocycles. The normalized spacial score (nSPS) is 13.6. The molecule has 0 aliphatic carbocycles. The minimum absolute atomic E-state index is 0.0365. The molecule has 0 heterocycles. The topological polar surface area (TPSA) is 108 Å². The van der Waals surface area contributed by atoms with Gasteiger partial charge in [-0.3, -0.25) is 18.6 Å². The molecule has 0 rings (SSSR count). The summed E-state index contributed by atoms with van der Waals surface area (Å²) < 4.78 is 34.2. The lowest BCUT2D eigenvalue weighted by atomic mass is 10.0. The number of nitrogens with zero attached hydrogens (tertiary/aromatic N) is 1. The van der Waals surface area contributed by atoms with Gasteiger partial charge in [-0.2, -0.15) is 0 Å². The Morgan fingerprint density at radius 1 is 0.529 bits per heavy atom. The van der Waals surface area contributed by atoms with Crippen LogP contribution in [0.2, 0.25) is 0 Å². The third kappa shape index (κ3) is 38.5. The molecule has 51 heavy (non-hydrogen) atoms. The minimum atomic E-state index is -4.36. The summed E-state index contributed by atoms with van der Waals surface area (Å²) in [5.41, 5.74) is 0. The Morgan fingerprint density at radius 2 is 0.882 bits per heavy atom. The van der Waals surface area contributed by atoms with E-state index in [-0.39, 0.29) is 25.6 Å². The van der Waals surface area contributed by atoms with Crippen LogP contribution in [0.25, 0.3) is 0 Å². The fraction of sp³-hybridized carbons (Fsp3) is 0.951. The molecule has 0 saturated heterocycles. The van der Waals surface area contributed by atoms with Gasteiger partial charge < -0.3 is 18.9 Å². The summed E-state index contributed by atoms with van der Waals surface area (Å²) in [6.45, 7) is 4.43. The van der Waals surface area contributed by atoms with Crippen LogP contribution in [0.3, 0.4) is 0 Å². The Labute approximate surface area is 314 Å². The maximum Gasteiger partial charge on any atom is 0.472 e. The minimum Gasteiger partial charge on any atom is -0.462 e. The van der Waals surface area contributed by atoms with Crippen molar-refractivity contribution in [2.45, 2.75) is 206 Å². The van der Waals surface area contributed by atoms with E-state index < -0.39 is 26.5 Å². The highest BCUT2D eigenvalue weighted by Gasteiger charge is 2.27. The third-order valence-electron chi connectivity index (χ3n) is 9.39. The number of unbranched alkanes of at least 4 members (excludes halogenated alkanes) is 25. The van der Waals surface area contributed by atoms with Crippen molar-refractivity contribution in [1.29, 1.82) is 0 Å². The maximum atomic E-state index is 12.6. The molecule has 0 spiro atoms. The molecule has 0 fully saturated rings. The molecule has 2 atom stereocenters. The molecular formula is C41H83NO8P+. The van der Waals surface area contributed by atoms with Crippen molar-refractivity contribution in [2.24, 2.45) is 0 Å². The molecule has 0 amide bonds. The van der Waals surface area contributed by atoms with E-state index in [2.05, 4.69) is 13.8 Å². The van der Waals surface area contributed by atoms with E-state index >= 15 is 0 Å². The van der Waals surface area contributed by atoms with Crippen molar-refractivity contribution in [2.75, 3.05) is 47.5 Å². The smallest absolute Gasteiger partial charge is 0.462 e. The number of hydrogen-bond donors (Lipinski definition) is 1. The number of phosphoric acid groups is 1. The van der Waals surface area contributed by atoms with Crippen molar-refractivity contribution < 1.29 is 42.1 Å². The fourth-order valence-corrected chi connectivity index (χ4v) is 6.76. The van der Waals surface area contributed by atoms with Gasteiger partial charge in [0.05, 0.1) is 27.7 Å². The van der Waals surface area contributed by atoms with Crippen molar-refractivity contribution in [3.63, 3.8) is 0 Å². The number of ether oxygens (including phenoxy) is 2. The first kappa shape index (κ1) is 50.0. The molecule has 0 radical (unpaired) electrons. The van der Waals surface area contributed by atoms with Crippen LogP contribution in [0, 0.1) is 0 Å². The molecule has 0 aromatic carbocycles. The van der Waals surface area contributed by atoms with E-state index in [1.54, 1.807) is 0 Å². The summed E-state index contributed by atoms with van der Waals surface area (Å²) in [5, 5.41) is 0. The first-order valence-corrected chi connectivity index (χ1v) is 22.8. The van der Waals surface area contributed by atoms with Crippen LogP contribution in [0.15, 0.2) is 0 Å². The van der Waals surface area contributed by atoms with Gasteiger partial charge in [-0.05, 0) is 12.8 Å². The van der Waals surface area contributed by atoms with Crippen molar-refractivity contribution in [1.82, 2.24) is 0 Å². The van der Waals surface area contributed by atoms with Gasteiger partial charge in [-0.15, -0.1) is 0 Å². The van der Waals surface area contributed by atoms with E-state index in [1.807, 2.05) is 21.1 Å². The Morgan fingerprint density at radius 3 is 1.25 bits per heavy atom. The molecule has 9 nitrogen and oxygen atoms in total. The van der Waals surface area contributed by atoms with E-state index in [1.165, 1.54) is 135 Å². The molecule has 1 unspecified atom stereocenters. The molecular weight excluding hydrogens is 665 g/mol. The first-order valence-electron chi connectivity index (χ1n) is 21.3. The number of phosphoric ester groups is 1. The van der Waals surface area contributed by atoms with E-state index in [0.29, 0.717) is 23.9 Å². The lowest BCUT2D eigenvalue weighted by Crippen LogP contribution is -2.37.